The lowest BCUT2D eigenvalue weighted by molar-refractivity contribution is -0.946. The molecule has 1 aromatic rings. The molecule has 2 rings (SSSR count). The van der Waals surface area contributed by atoms with Crippen molar-refractivity contribution in [3.05, 3.63) is 29.8 Å². The van der Waals surface area contributed by atoms with E-state index in [1.807, 2.05) is 25.7 Å². The number of hydrogen-bond donors (Lipinski definition) is 1. The lowest BCUT2D eigenvalue weighted by atomic mass is 10.1. The van der Waals surface area contributed by atoms with Crippen molar-refractivity contribution in [3.8, 4) is 0 Å². The maximum Gasteiger partial charge on any atom is 0.416 e. The van der Waals surface area contributed by atoms with E-state index in [-0.39, 0.29) is 11.6 Å². The van der Waals surface area contributed by atoms with E-state index >= 15 is 0 Å². The van der Waals surface area contributed by atoms with E-state index < -0.39 is 11.7 Å². The predicted octanol–water partition coefficient (Wildman–Crippen LogP) is 3.71. The molecule has 0 amide bonds. The van der Waals surface area contributed by atoms with E-state index in [0.29, 0.717) is 30.2 Å². The molecule has 0 spiro atoms. The fourth-order valence-electron chi connectivity index (χ4n) is 2.36. The molecule has 1 aliphatic rings. The van der Waals surface area contributed by atoms with Gasteiger partial charge in [-0.1, -0.05) is 6.07 Å². The molecule has 1 fully saturated rings. The predicted molar refractivity (Wildman–Crippen MR) is 85.1 cm³/mol. The molecule has 1 heterocycles. The summed E-state index contributed by atoms with van der Waals surface area (Å²) in [5, 5.41) is 15.0. The SMILES string of the molecule is CN(/[N+](O)=N/O[C@@H]1CCN(c2cccc(C(F)(F)F)c2)C1)C(C)(C)C. The molecule has 0 unspecified atom stereocenters. The molecule has 1 N–H and O–H groups in total. The molecule has 9 heteroatoms. The highest BCUT2D eigenvalue weighted by molar-refractivity contribution is 5.50. The van der Waals surface area contributed by atoms with Gasteiger partial charge in [-0.05, 0) is 39.0 Å². The summed E-state index contributed by atoms with van der Waals surface area (Å²) in [6, 6.07) is 5.21. The van der Waals surface area contributed by atoms with Gasteiger partial charge in [0.1, 0.15) is 0 Å². The first kappa shape index (κ1) is 19.1. The summed E-state index contributed by atoms with van der Waals surface area (Å²) in [7, 11) is 1.66. The first-order valence-corrected chi connectivity index (χ1v) is 8.00. The summed E-state index contributed by atoms with van der Waals surface area (Å²) in [5.74, 6) is 0. The Kier molecular flexibility index (Phi) is 5.34. The molecule has 0 saturated carbocycles. The van der Waals surface area contributed by atoms with Crippen molar-refractivity contribution in [2.45, 2.75) is 45.0 Å². The average molecular weight is 361 g/mol. The normalized spacial score (nSPS) is 19.2. The summed E-state index contributed by atoms with van der Waals surface area (Å²) in [4.78, 5) is 7.77. The lowest BCUT2D eigenvalue weighted by Crippen LogP contribution is -2.43. The lowest BCUT2D eigenvalue weighted by Gasteiger charge is -2.22. The molecular weight excluding hydrogens is 337 g/mol. The number of alkyl halides is 3. The quantitative estimate of drug-likeness (QED) is 0.505. The number of hydrazine groups is 1. The molecule has 25 heavy (non-hydrogen) atoms. The van der Waals surface area contributed by atoms with Crippen LogP contribution in [0, 0.1) is 0 Å². The molecule has 0 bridgehead atoms. The third-order valence-electron chi connectivity index (χ3n) is 4.19. The van der Waals surface area contributed by atoms with E-state index in [0.717, 1.165) is 12.1 Å². The third-order valence-corrected chi connectivity index (χ3v) is 4.19. The molecule has 1 saturated heterocycles. The van der Waals surface area contributed by atoms with Gasteiger partial charge in [-0.15, -0.1) is 5.01 Å². The fourth-order valence-corrected chi connectivity index (χ4v) is 2.36. The Bertz CT molecular complexity index is 629. The monoisotopic (exact) mass is 361 g/mol. The second kappa shape index (κ2) is 6.97. The smallest absolute Gasteiger partial charge is 0.368 e. The number of anilines is 1. The molecular formula is C16H24F3N4O2+. The molecule has 0 aliphatic carbocycles. The van der Waals surface area contributed by atoms with Crippen LogP contribution in [0.3, 0.4) is 0 Å². The largest absolute Gasteiger partial charge is 0.416 e. The Morgan fingerprint density at radius 3 is 2.60 bits per heavy atom. The van der Waals surface area contributed by atoms with Gasteiger partial charge in [0.25, 0.3) is 10.2 Å². The van der Waals surface area contributed by atoms with Crippen LogP contribution in [0.2, 0.25) is 0 Å². The Labute approximate surface area is 145 Å². The summed E-state index contributed by atoms with van der Waals surface area (Å²) in [6.07, 6.45) is -4.07. The van der Waals surface area contributed by atoms with E-state index in [2.05, 4.69) is 5.28 Å². The minimum Gasteiger partial charge on any atom is -0.368 e. The van der Waals surface area contributed by atoms with E-state index in [9.17, 15) is 18.4 Å². The van der Waals surface area contributed by atoms with Crippen LogP contribution < -0.4 is 4.90 Å². The Morgan fingerprint density at radius 1 is 1.32 bits per heavy atom. The summed E-state index contributed by atoms with van der Waals surface area (Å²) in [6.45, 7) is 6.66. The fraction of sp³-hybridized carbons (Fsp3) is 0.625. The second-order valence-electron chi connectivity index (χ2n) is 7.05. The van der Waals surface area contributed by atoms with E-state index in [1.165, 1.54) is 11.1 Å². The zero-order valence-electron chi connectivity index (χ0n) is 14.8. The topological polar surface area (TPSA) is 51.3 Å². The van der Waals surface area contributed by atoms with Crippen molar-refractivity contribution in [1.29, 1.82) is 0 Å². The second-order valence-corrected chi connectivity index (χ2v) is 7.05. The van der Waals surface area contributed by atoms with Gasteiger partial charge >= 0.3 is 6.18 Å². The maximum absolute atomic E-state index is 12.8. The van der Waals surface area contributed by atoms with Crippen molar-refractivity contribution >= 4 is 5.69 Å². The number of halogens is 3. The highest BCUT2D eigenvalue weighted by atomic mass is 19.4. The molecule has 0 aromatic heterocycles. The highest BCUT2D eigenvalue weighted by Gasteiger charge is 2.33. The van der Waals surface area contributed by atoms with Gasteiger partial charge in [0, 0.05) is 18.7 Å². The van der Waals surface area contributed by atoms with Crippen LogP contribution in [0.1, 0.15) is 32.8 Å². The number of hydrogen-bond acceptors (Lipinski definition) is 3. The number of rotatable bonds is 4. The van der Waals surface area contributed by atoms with Gasteiger partial charge in [-0.25, -0.2) is 5.21 Å². The van der Waals surface area contributed by atoms with Crippen molar-refractivity contribution < 1.29 is 28.2 Å². The number of nitrogens with zero attached hydrogens (tertiary/aromatic N) is 4. The van der Waals surface area contributed by atoms with Crippen LogP contribution in [-0.2, 0) is 11.0 Å². The minimum atomic E-state index is -4.37. The van der Waals surface area contributed by atoms with Crippen molar-refractivity contribution in [2.24, 2.45) is 5.28 Å². The molecule has 1 atom stereocenters. The number of benzene rings is 1. The van der Waals surface area contributed by atoms with E-state index in [4.69, 9.17) is 4.84 Å². The third kappa shape index (κ3) is 4.90. The van der Waals surface area contributed by atoms with Crippen LogP contribution in [-0.4, -0.2) is 47.0 Å². The van der Waals surface area contributed by atoms with Gasteiger partial charge in [-0.2, -0.15) is 13.2 Å². The van der Waals surface area contributed by atoms with Crippen LogP contribution in [0.15, 0.2) is 29.5 Å². The molecule has 1 aromatic carbocycles. The molecule has 1 aliphatic heterocycles. The Hall–Kier alpha value is -2.19. The Balaban J connectivity index is 1.98. The van der Waals surface area contributed by atoms with Gasteiger partial charge in [0.2, 0.25) is 0 Å². The molecule has 140 valence electrons. The minimum absolute atomic E-state index is 0.308. The highest BCUT2D eigenvalue weighted by Crippen LogP contribution is 2.32. The maximum atomic E-state index is 12.8. The van der Waals surface area contributed by atoms with Gasteiger partial charge in [0.15, 0.2) is 6.10 Å². The summed E-state index contributed by atoms with van der Waals surface area (Å²) >= 11 is 0. The summed E-state index contributed by atoms with van der Waals surface area (Å²) in [5.41, 5.74) is -0.526. The van der Waals surface area contributed by atoms with Crippen molar-refractivity contribution in [2.75, 3.05) is 25.0 Å². The molecule has 6 nitrogen and oxygen atoms in total. The Morgan fingerprint density at radius 2 is 2.00 bits per heavy atom. The van der Waals surface area contributed by atoms with Gasteiger partial charge in [-0.3, -0.25) is 0 Å². The van der Waals surface area contributed by atoms with Gasteiger partial charge < -0.3 is 9.74 Å². The molecule has 0 radical (unpaired) electrons. The van der Waals surface area contributed by atoms with Crippen LogP contribution in [0.4, 0.5) is 18.9 Å². The zero-order valence-corrected chi connectivity index (χ0v) is 14.8. The first-order chi connectivity index (χ1) is 11.5. The van der Waals surface area contributed by atoms with Crippen LogP contribution >= 0.6 is 0 Å². The first-order valence-electron chi connectivity index (χ1n) is 8.00. The zero-order chi connectivity index (χ0) is 18.8. The van der Waals surface area contributed by atoms with Gasteiger partial charge in [0.05, 0.1) is 24.7 Å². The average Bonchev–Trinajstić information content (AvgIpc) is 2.99. The van der Waals surface area contributed by atoms with E-state index in [1.54, 1.807) is 13.1 Å². The summed E-state index contributed by atoms with van der Waals surface area (Å²) < 4.78 is 38.5. The van der Waals surface area contributed by atoms with Crippen molar-refractivity contribution in [3.63, 3.8) is 0 Å². The van der Waals surface area contributed by atoms with Crippen molar-refractivity contribution in [1.82, 2.24) is 5.01 Å². The standard InChI is InChI=1S/C16H24F3N4O2/c1-15(2,3)21(4)23(24)20-25-14-8-9-22(11-14)13-7-5-6-12(10-13)16(17,18)19/h5-7,10,14H,8-9,11H2,1-4H3,(H,20,24)/q+1/t14-/m1/s1. The van der Waals surface area contributed by atoms with Crippen LogP contribution in [0.25, 0.3) is 0 Å². The van der Waals surface area contributed by atoms with Crippen LogP contribution in [0.5, 0.6) is 0 Å².